The zero-order valence-corrected chi connectivity index (χ0v) is 9.20. The van der Waals surface area contributed by atoms with Gasteiger partial charge in [0, 0.05) is 13.1 Å². The van der Waals surface area contributed by atoms with Crippen LogP contribution in [0.15, 0.2) is 4.52 Å². The predicted octanol–water partition coefficient (Wildman–Crippen LogP) is 0.0556. The molecule has 0 spiro atoms. The second-order valence-corrected chi connectivity index (χ2v) is 3.87. The first-order valence-electron chi connectivity index (χ1n) is 4.83. The Kier molecular flexibility index (Phi) is 3.41. The van der Waals surface area contributed by atoms with Gasteiger partial charge < -0.3 is 15.6 Å². The van der Waals surface area contributed by atoms with Gasteiger partial charge in [0.2, 0.25) is 5.89 Å². The molecule has 1 aromatic heterocycles. The minimum absolute atomic E-state index is 0.0494. The van der Waals surface area contributed by atoms with Gasteiger partial charge in [-0.1, -0.05) is 5.16 Å². The molecular weight excluding hydrogens is 196 g/mol. The molecule has 0 radical (unpaired) electrons. The van der Waals surface area contributed by atoms with Crippen LogP contribution in [0.3, 0.4) is 0 Å². The molecule has 0 saturated carbocycles. The minimum atomic E-state index is -0.405. The lowest BCUT2D eigenvalue weighted by Gasteiger charge is -2.15. The van der Waals surface area contributed by atoms with Crippen molar-refractivity contribution in [2.75, 3.05) is 13.1 Å². The van der Waals surface area contributed by atoms with Crippen LogP contribution in [0.2, 0.25) is 0 Å². The Balaban J connectivity index is 2.85. The molecular formula is C9H16N4O2. The van der Waals surface area contributed by atoms with Crippen molar-refractivity contribution in [2.45, 2.75) is 26.2 Å². The van der Waals surface area contributed by atoms with Gasteiger partial charge in [0.1, 0.15) is 0 Å². The normalized spacial score (nSPS) is 11.5. The summed E-state index contributed by atoms with van der Waals surface area (Å²) in [6, 6.07) is 0. The third-order valence-corrected chi connectivity index (χ3v) is 2.06. The number of nitrogens with zero attached hydrogens (tertiary/aromatic N) is 2. The molecule has 84 valence electrons. The Labute approximate surface area is 88.2 Å². The van der Waals surface area contributed by atoms with Gasteiger partial charge in [-0.2, -0.15) is 4.98 Å². The van der Waals surface area contributed by atoms with E-state index in [2.05, 4.69) is 15.5 Å². The average molecular weight is 212 g/mol. The molecule has 0 aliphatic rings. The van der Waals surface area contributed by atoms with Gasteiger partial charge in [-0.3, -0.25) is 4.79 Å². The molecule has 1 rings (SSSR count). The summed E-state index contributed by atoms with van der Waals surface area (Å²) in [6.07, 6.45) is 0. The van der Waals surface area contributed by atoms with Gasteiger partial charge in [0.25, 0.3) is 11.7 Å². The van der Waals surface area contributed by atoms with Crippen LogP contribution >= 0.6 is 0 Å². The fraction of sp³-hybridized carbons (Fsp3) is 0.667. The Morgan fingerprint density at radius 3 is 2.80 bits per heavy atom. The van der Waals surface area contributed by atoms with Gasteiger partial charge >= 0.3 is 0 Å². The summed E-state index contributed by atoms with van der Waals surface area (Å²) < 4.78 is 4.99. The van der Waals surface area contributed by atoms with E-state index in [4.69, 9.17) is 10.3 Å². The molecule has 0 aliphatic carbocycles. The van der Waals surface area contributed by atoms with E-state index in [9.17, 15) is 4.79 Å². The van der Waals surface area contributed by atoms with Crippen LogP contribution in [0, 0.1) is 0 Å². The molecule has 0 aromatic carbocycles. The highest BCUT2D eigenvalue weighted by Crippen LogP contribution is 2.19. The standard InChI is InChI=1S/C9H16N4O2/c1-4-11-7(14)6-12-8(15-13-6)9(2,3)5-10/h4-5,10H2,1-3H3,(H,11,14). The van der Waals surface area contributed by atoms with Crippen molar-refractivity contribution in [1.82, 2.24) is 15.5 Å². The molecule has 0 atom stereocenters. The maximum Gasteiger partial charge on any atom is 0.292 e. The van der Waals surface area contributed by atoms with Crippen LogP contribution in [-0.2, 0) is 5.41 Å². The van der Waals surface area contributed by atoms with Crippen molar-refractivity contribution in [2.24, 2.45) is 5.73 Å². The van der Waals surface area contributed by atoms with Crippen LogP contribution in [0.1, 0.15) is 37.3 Å². The van der Waals surface area contributed by atoms with E-state index >= 15 is 0 Å². The Morgan fingerprint density at radius 1 is 1.60 bits per heavy atom. The fourth-order valence-corrected chi connectivity index (χ4v) is 0.918. The summed E-state index contributed by atoms with van der Waals surface area (Å²) in [6.45, 7) is 6.49. The maximum absolute atomic E-state index is 11.3. The number of amides is 1. The van der Waals surface area contributed by atoms with Gasteiger partial charge in [-0.15, -0.1) is 0 Å². The highest BCUT2D eigenvalue weighted by molar-refractivity contribution is 5.90. The first-order valence-corrected chi connectivity index (χ1v) is 4.83. The third-order valence-electron chi connectivity index (χ3n) is 2.06. The molecule has 0 aliphatic heterocycles. The first-order chi connectivity index (χ1) is 7.01. The number of hydrogen-bond donors (Lipinski definition) is 2. The number of nitrogens with one attached hydrogen (secondary N) is 1. The van der Waals surface area contributed by atoms with Crippen molar-refractivity contribution in [3.05, 3.63) is 11.7 Å². The van der Waals surface area contributed by atoms with E-state index in [0.29, 0.717) is 19.0 Å². The van der Waals surface area contributed by atoms with E-state index in [0.717, 1.165) is 0 Å². The molecule has 1 heterocycles. The number of nitrogens with two attached hydrogens (primary N) is 1. The van der Waals surface area contributed by atoms with Crippen molar-refractivity contribution >= 4 is 5.91 Å². The van der Waals surface area contributed by atoms with Crippen LogP contribution in [-0.4, -0.2) is 29.1 Å². The Hall–Kier alpha value is -1.43. The molecule has 1 amide bonds. The minimum Gasteiger partial charge on any atom is -0.349 e. The largest absolute Gasteiger partial charge is 0.349 e. The van der Waals surface area contributed by atoms with Gasteiger partial charge in [-0.05, 0) is 20.8 Å². The van der Waals surface area contributed by atoms with E-state index in [1.807, 2.05) is 20.8 Å². The summed E-state index contributed by atoms with van der Waals surface area (Å²) >= 11 is 0. The lowest BCUT2D eigenvalue weighted by Crippen LogP contribution is -2.29. The second kappa shape index (κ2) is 4.39. The summed E-state index contributed by atoms with van der Waals surface area (Å²) in [5, 5.41) is 6.18. The van der Waals surface area contributed by atoms with Gasteiger partial charge in [-0.25, -0.2) is 0 Å². The van der Waals surface area contributed by atoms with Crippen LogP contribution in [0.25, 0.3) is 0 Å². The number of carbonyl (C=O) groups is 1. The summed E-state index contributed by atoms with van der Waals surface area (Å²) in [5.41, 5.74) is 5.15. The van der Waals surface area contributed by atoms with Crippen molar-refractivity contribution in [3.63, 3.8) is 0 Å². The number of rotatable bonds is 4. The highest BCUT2D eigenvalue weighted by Gasteiger charge is 2.27. The summed E-state index contributed by atoms with van der Waals surface area (Å²) in [7, 11) is 0. The van der Waals surface area contributed by atoms with Crippen LogP contribution in [0.5, 0.6) is 0 Å². The Bertz CT molecular complexity index is 346. The predicted molar refractivity (Wildman–Crippen MR) is 54.4 cm³/mol. The topological polar surface area (TPSA) is 94.0 Å². The lowest BCUT2D eigenvalue weighted by atomic mass is 9.94. The first kappa shape index (κ1) is 11.6. The SMILES string of the molecule is CCNC(=O)c1noc(C(C)(C)CN)n1. The van der Waals surface area contributed by atoms with E-state index < -0.39 is 5.41 Å². The number of aromatic nitrogens is 2. The van der Waals surface area contributed by atoms with Crippen molar-refractivity contribution in [3.8, 4) is 0 Å². The molecule has 6 heteroatoms. The zero-order chi connectivity index (χ0) is 11.5. The lowest BCUT2D eigenvalue weighted by molar-refractivity contribution is 0.0942. The number of carbonyl (C=O) groups excluding carboxylic acids is 1. The van der Waals surface area contributed by atoms with E-state index in [1.54, 1.807) is 0 Å². The smallest absolute Gasteiger partial charge is 0.292 e. The molecule has 1 aromatic rings. The van der Waals surface area contributed by atoms with Crippen LogP contribution in [0.4, 0.5) is 0 Å². The maximum atomic E-state index is 11.3. The van der Waals surface area contributed by atoms with Crippen molar-refractivity contribution in [1.29, 1.82) is 0 Å². The monoisotopic (exact) mass is 212 g/mol. The molecule has 0 bridgehead atoms. The molecule has 15 heavy (non-hydrogen) atoms. The average Bonchev–Trinajstić information content (AvgIpc) is 2.67. The zero-order valence-electron chi connectivity index (χ0n) is 9.20. The van der Waals surface area contributed by atoms with E-state index in [1.165, 1.54) is 0 Å². The fourth-order valence-electron chi connectivity index (χ4n) is 0.918. The second-order valence-electron chi connectivity index (χ2n) is 3.87. The van der Waals surface area contributed by atoms with Crippen molar-refractivity contribution < 1.29 is 9.32 Å². The van der Waals surface area contributed by atoms with E-state index in [-0.39, 0.29) is 11.7 Å². The summed E-state index contributed by atoms with van der Waals surface area (Å²) in [5.74, 6) is 0.0972. The molecule has 0 fully saturated rings. The highest BCUT2D eigenvalue weighted by atomic mass is 16.5. The molecule has 0 unspecified atom stereocenters. The number of hydrogen-bond acceptors (Lipinski definition) is 5. The Morgan fingerprint density at radius 2 is 2.27 bits per heavy atom. The van der Waals surface area contributed by atoms with Crippen LogP contribution < -0.4 is 11.1 Å². The molecule has 6 nitrogen and oxygen atoms in total. The molecule has 3 N–H and O–H groups in total. The summed E-state index contributed by atoms with van der Waals surface area (Å²) in [4.78, 5) is 15.3. The van der Waals surface area contributed by atoms with Gasteiger partial charge in [0.15, 0.2) is 0 Å². The quantitative estimate of drug-likeness (QED) is 0.735. The third kappa shape index (κ3) is 2.53. The molecule has 0 saturated heterocycles. The van der Waals surface area contributed by atoms with Gasteiger partial charge in [0.05, 0.1) is 5.41 Å².